The average molecular weight is 224 g/mol. The number of carbonyl (C=O) groups excluding carboxylic acids is 1. The molecule has 6 nitrogen and oxygen atoms in total. The summed E-state index contributed by atoms with van der Waals surface area (Å²) in [5.41, 5.74) is 0.832. The first-order valence-electron chi connectivity index (χ1n) is 4.16. The highest BCUT2D eigenvalue weighted by molar-refractivity contribution is 8.00. The Kier molecular flexibility index (Phi) is 2.82. The van der Waals surface area contributed by atoms with E-state index in [4.69, 9.17) is 0 Å². The van der Waals surface area contributed by atoms with Gasteiger partial charge in [-0.15, -0.1) is 10.2 Å². The van der Waals surface area contributed by atoms with E-state index in [1.807, 2.05) is 6.07 Å². The zero-order chi connectivity index (χ0) is 10.7. The first kappa shape index (κ1) is 9.91. The van der Waals surface area contributed by atoms with Crippen molar-refractivity contribution < 1.29 is 9.53 Å². The van der Waals surface area contributed by atoms with Crippen molar-refractivity contribution in [3.63, 3.8) is 0 Å². The Labute approximate surface area is 89.6 Å². The van der Waals surface area contributed by atoms with Crippen LogP contribution in [0.3, 0.4) is 0 Å². The predicted octanol–water partition coefficient (Wildman–Crippen LogP) is 0.389. The molecule has 2 aromatic heterocycles. The first-order valence-corrected chi connectivity index (χ1v) is 5.14. The summed E-state index contributed by atoms with van der Waals surface area (Å²) in [5, 5.41) is 12.4. The number of fused-ring (bicyclic) bond motifs is 1. The maximum Gasteiger partial charge on any atom is 0.316 e. The summed E-state index contributed by atoms with van der Waals surface area (Å²) in [5.74, 6) is -0.0703. The Hall–Kier alpha value is -1.63. The fourth-order valence-electron chi connectivity index (χ4n) is 1.04. The van der Waals surface area contributed by atoms with Gasteiger partial charge in [0.05, 0.1) is 19.1 Å². The van der Waals surface area contributed by atoms with Gasteiger partial charge >= 0.3 is 5.97 Å². The molecule has 0 aliphatic carbocycles. The van der Waals surface area contributed by atoms with Crippen LogP contribution in [0.5, 0.6) is 0 Å². The van der Waals surface area contributed by atoms with Crippen LogP contribution in [-0.4, -0.2) is 38.6 Å². The van der Waals surface area contributed by atoms with Crippen molar-refractivity contribution in [2.24, 2.45) is 0 Å². The third-order valence-electron chi connectivity index (χ3n) is 1.75. The lowest BCUT2D eigenvalue weighted by Gasteiger charge is -2.00. The van der Waals surface area contributed by atoms with E-state index in [1.165, 1.54) is 25.2 Å². The lowest BCUT2D eigenvalue weighted by atomic mass is 10.5. The number of thioether (sulfide) groups is 1. The van der Waals surface area contributed by atoms with E-state index in [2.05, 4.69) is 20.0 Å². The molecule has 0 N–H and O–H groups in total. The number of aromatic nitrogens is 4. The van der Waals surface area contributed by atoms with E-state index in [9.17, 15) is 4.79 Å². The largest absolute Gasteiger partial charge is 0.468 e. The number of ether oxygens (including phenoxy) is 1. The van der Waals surface area contributed by atoms with Crippen LogP contribution < -0.4 is 0 Å². The van der Waals surface area contributed by atoms with E-state index in [-0.39, 0.29) is 11.7 Å². The van der Waals surface area contributed by atoms with Gasteiger partial charge in [0, 0.05) is 0 Å². The van der Waals surface area contributed by atoms with Crippen molar-refractivity contribution in [3.8, 4) is 0 Å². The Morgan fingerprint density at radius 1 is 1.67 bits per heavy atom. The Bertz CT molecular complexity index is 484. The second kappa shape index (κ2) is 4.26. The Balaban J connectivity index is 2.20. The molecule has 0 aromatic carbocycles. The van der Waals surface area contributed by atoms with Crippen LogP contribution >= 0.6 is 11.8 Å². The molecule has 0 bridgehead atoms. The molecule has 0 atom stereocenters. The third-order valence-corrected chi connectivity index (χ3v) is 2.70. The summed E-state index contributed by atoms with van der Waals surface area (Å²) >= 11 is 1.28. The van der Waals surface area contributed by atoms with Crippen molar-refractivity contribution in [3.05, 3.63) is 18.6 Å². The molecule has 2 heterocycles. The number of rotatable bonds is 3. The van der Waals surface area contributed by atoms with Crippen LogP contribution in [0.15, 0.2) is 23.6 Å². The van der Waals surface area contributed by atoms with Gasteiger partial charge in [0.15, 0.2) is 0 Å². The van der Waals surface area contributed by atoms with Gasteiger partial charge in [-0.05, 0) is 6.07 Å². The fourth-order valence-corrected chi connectivity index (χ4v) is 1.83. The lowest BCUT2D eigenvalue weighted by Crippen LogP contribution is -2.04. The highest BCUT2D eigenvalue weighted by Crippen LogP contribution is 2.19. The molecule has 15 heavy (non-hydrogen) atoms. The van der Waals surface area contributed by atoms with Gasteiger partial charge in [-0.3, -0.25) is 4.79 Å². The number of methoxy groups -OCH3 is 1. The summed E-state index contributed by atoms with van der Waals surface area (Å²) < 4.78 is 6.14. The monoisotopic (exact) mass is 224 g/mol. The maximum absolute atomic E-state index is 10.9. The number of esters is 1. The molecule has 78 valence electrons. The van der Waals surface area contributed by atoms with Crippen LogP contribution in [0.4, 0.5) is 0 Å². The first-order chi connectivity index (χ1) is 7.31. The number of hydrogen-bond donors (Lipinski definition) is 0. The van der Waals surface area contributed by atoms with Crippen molar-refractivity contribution >= 4 is 23.2 Å². The van der Waals surface area contributed by atoms with E-state index >= 15 is 0 Å². The van der Waals surface area contributed by atoms with Crippen LogP contribution in [0.25, 0.3) is 5.52 Å². The summed E-state index contributed by atoms with van der Waals surface area (Å²) in [6.07, 6.45) is 3.17. The average Bonchev–Trinajstić information content (AvgIpc) is 2.74. The normalized spacial score (nSPS) is 10.5. The smallest absolute Gasteiger partial charge is 0.316 e. The van der Waals surface area contributed by atoms with Crippen molar-refractivity contribution in [1.82, 2.24) is 19.8 Å². The van der Waals surface area contributed by atoms with Gasteiger partial charge in [0.1, 0.15) is 16.9 Å². The van der Waals surface area contributed by atoms with Crippen LogP contribution in [0.2, 0.25) is 0 Å². The van der Waals surface area contributed by atoms with Gasteiger partial charge in [0.2, 0.25) is 0 Å². The Morgan fingerprint density at radius 2 is 2.53 bits per heavy atom. The summed E-state index contributed by atoms with van der Waals surface area (Å²) in [6.45, 7) is 0. The minimum Gasteiger partial charge on any atom is -0.468 e. The summed E-state index contributed by atoms with van der Waals surface area (Å²) in [7, 11) is 1.36. The highest BCUT2D eigenvalue weighted by Gasteiger charge is 2.08. The van der Waals surface area contributed by atoms with E-state index in [0.717, 1.165) is 5.52 Å². The molecule has 0 saturated carbocycles. The highest BCUT2D eigenvalue weighted by atomic mass is 32.2. The molecular formula is C8H8N4O2S. The number of carbonyl (C=O) groups is 1. The molecule has 0 saturated heterocycles. The fraction of sp³-hybridized carbons (Fsp3) is 0.250. The third kappa shape index (κ3) is 2.07. The quantitative estimate of drug-likeness (QED) is 0.555. The van der Waals surface area contributed by atoms with Crippen molar-refractivity contribution in [1.29, 1.82) is 0 Å². The topological polar surface area (TPSA) is 69.4 Å². The second-order valence-electron chi connectivity index (χ2n) is 2.66. The predicted molar refractivity (Wildman–Crippen MR) is 53.5 cm³/mol. The minimum absolute atomic E-state index is 0.218. The van der Waals surface area contributed by atoms with E-state index < -0.39 is 0 Å². The summed E-state index contributed by atoms with van der Waals surface area (Å²) in [6, 6.07) is 1.81. The van der Waals surface area contributed by atoms with Gasteiger partial charge in [-0.25, -0.2) is 4.52 Å². The molecule has 0 unspecified atom stereocenters. The Morgan fingerprint density at radius 3 is 3.33 bits per heavy atom. The SMILES string of the molecule is COC(=O)CSc1nncn2nccc12. The molecule has 0 radical (unpaired) electrons. The van der Waals surface area contributed by atoms with Gasteiger partial charge < -0.3 is 4.74 Å². The maximum atomic E-state index is 10.9. The van der Waals surface area contributed by atoms with Crippen molar-refractivity contribution in [2.75, 3.05) is 12.9 Å². The van der Waals surface area contributed by atoms with Crippen LogP contribution in [0, 0.1) is 0 Å². The molecule has 0 spiro atoms. The molecule has 2 aromatic rings. The number of nitrogens with zero attached hydrogens (tertiary/aromatic N) is 4. The van der Waals surface area contributed by atoms with Gasteiger partial charge in [0.25, 0.3) is 0 Å². The minimum atomic E-state index is -0.289. The standard InChI is InChI=1S/C8H8N4O2S/c1-14-7(13)4-15-8-6-2-3-10-12(6)5-9-11-8/h2-3,5H,4H2,1H3. The molecule has 0 amide bonds. The molecule has 0 aliphatic rings. The van der Waals surface area contributed by atoms with Gasteiger partial charge in [-0.1, -0.05) is 11.8 Å². The molecule has 2 rings (SSSR count). The second-order valence-corrected chi connectivity index (χ2v) is 3.63. The van der Waals surface area contributed by atoms with E-state index in [1.54, 1.807) is 10.7 Å². The van der Waals surface area contributed by atoms with Crippen LogP contribution in [0.1, 0.15) is 0 Å². The van der Waals surface area contributed by atoms with Gasteiger partial charge in [-0.2, -0.15) is 5.10 Å². The zero-order valence-corrected chi connectivity index (χ0v) is 8.77. The molecular weight excluding hydrogens is 216 g/mol. The molecule has 0 aliphatic heterocycles. The summed E-state index contributed by atoms with van der Waals surface area (Å²) in [4.78, 5) is 10.9. The van der Waals surface area contributed by atoms with E-state index in [0.29, 0.717) is 5.03 Å². The van der Waals surface area contributed by atoms with Crippen LogP contribution in [-0.2, 0) is 9.53 Å². The van der Waals surface area contributed by atoms with Crippen molar-refractivity contribution in [2.45, 2.75) is 5.03 Å². The molecule has 7 heteroatoms. The zero-order valence-electron chi connectivity index (χ0n) is 7.95. The lowest BCUT2D eigenvalue weighted by molar-refractivity contribution is -0.137. The number of hydrogen-bond acceptors (Lipinski definition) is 6. The molecule has 0 fully saturated rings.